The molecule has 21 heavy (non-hydrogen) atoms. The Hall–Kier alpha value is -2.69. The van der Waals surface area contributed by atoms with Crippen molar-refractivity contribution in [1.82, 2.24) is 9.55 Å². The molecule has 0 radical (unpaired) electrons. The topological polar surface area (TPSA) is 55.1 Å². The van der Waals surface area contributed by atoms with Crippen LogP contribution in [0.1, 0.15) is 28.9 Å². The lowest BCUT2D eigenvalue weighted by Crippen LogP contribution is -2.10. The highest BCUT2D eigenvalue weighted by Gasteiger charge is 2.19. The van der Waals surface area contributed by atoms with Crippen LogP contribution >= 0.6 is 0 Å². The fraction of sp³-hybridized carbons (Fsp3) is 0.125. The van der Waals surface area contributed by atoms with E-state index in [4.69, 9.17) is 0 Å². The van der Waals surface area contributed by atoms with Crippen LogP contribution in [0.3, 0.4) is 0 Å². The minimum Gasteiger partial charge on any atom is -0.478 e. The summed E-state index contributed by atoms with van der Waals surface area (Å²) in [4.78, 5) is 15.6. The second-order valence-corrected chi connectivity index (χ2v) is 4.83. The van der Waals surface area contributed by atoms with E-state index in [1.54, 1.807) is 41.2 Å². The van der Waals surface area contributed by atoms with Crippen molar-refractivity contribution >= 4 is 17.0 Å². The summed E-state index contributed by atoms with van der Waals surface area (Å²) in [5.74, 6) is -1.34. The third-order valence-electron chi connectivity index (χ3n) is 3.60. The van der Waals surface area contributed by atoms with E-state index in [0.717, 1.165) is 0 Å². The van der Waals surface area contributed by atoms with E-state index in [0.29, 0.717) is 16.6 Å². The second-order valence-electron chi connectivity index (χ2n) is 4.83. The maximum atomic E-state index is 13.9. The van der Waals surface area contributed by atoms with Crippen molar-refractivity contribution in [2.75, 3.05) is 0 Å². The van der Waals surface area contributed by atoms with Crippen LogP contribution < -0.4 is 0 Å². The highest BCUT2D eigenvalue weighted by atomic mass is 19.1. The third kappa shape index (κ3) is 2.16. The Kier molecular flexibility index (Phi) is 3.17. The number of fused-ring (bicyclic) bond motifs is 1. The van der Waals surface area contributed by atoms with Gasteiger partial charge in [0.15, 0.2) is 0 Å². The molecule has 3 aromatic rings. The quantitative estimate of drug-likeness (QED) is 0.801. The molecular weight excluding hydrogens is 271 g/mol. The number of hydrogen-bond acceptors (Lipinski definition) is 2. The molecule has 0 bridgehead atoms. The first-order chi connectivity index (χ1) is 10.1. The summed E-state index contributed by atoms with van der Waals surface area (Å²) in [7, 11) is 0. The van der Waals surface area contributed by atoms with Crippen LogP contribution in [0.2, 0.25) is 0 Å². The van der Waals surface area contributed by atoms with Crippen molar-refractivity contribution in [3.05, 3.63) is 65.7 Å². The van der Waals surface area contributed by atoms with Crippen molar-refractivity contribution in [3.63, 3.8) is 0 Å². The maximum Gasteiger partial charge on any atom is 0.337 e. The number of carboxylic acids is 1. The second kappa shape index (κ2) is 5.01. The van der Waals surface area contributed by atoms with Gasteiger partial charge < -0.3 is 9.67 Å². The lowest BCUT2D eigenvalue weighted by atomic mass is 10.1. The minimum atomic E-state index is -1.02. The molecule has 0 saturated carbocycles. The van der Waals surface area contributed by atoms with Crippen molar-refractivity contribution in [3.8, 4) is 0 Å². The number of halogens is 1. The number of para-hydroxylation sites is 1. The molecule has 0 aliphatic heterocycles. The molecule has 0 fully saturated rings. The molecular formula is C16H13FN2O2. The summed E-state index contributed by atoms with van der Waals surface area (Å²) in [5, 5.41) is 9.32. The molecule has 0 aliphatic carbocycles. The van der Waals surface area contributed by atoms with E-state index in [-0.39, 0.29) is 17.4 Å². The highest BCUT2D eigenvalue weighted by Crippen LogP contribution is 2.27. The number of carboxylic acid groups (broad SMARTS) is 1. The van der Waals surface area contributed by atoms with Crippen molar-refractivity contribution in [2.24, 2.45) is 0 Å². The van der Waals surface area contributed by atoms with Crippen LogP contribution in [0.25, 0.3) is 11.0 Å². The van der Waals surface area contributed by atoms with Gasteiger partial charge in [-0.3, -0.25) is 0 Å². The fourth-order valence-corrected chi connectivity index (χ4v) is 2.52. The Morgan fingerprint density at radius 3 is 2.71 bits per heavy atom. The lowest BCUT2D eigenvalue weighted by molar-refractivity contribution is 0.0698. The van der Waals surface area contributed by atoms with Crippen molar-refractivity contribution < 1.29 is 14.3 Å². The predicted octanol–water partition coefficient (Wildman–Crippen LogP) is 3.48. The number of aromatic carboxylic acids is 1. The van der Waals surface area contributed by atoms with Crippen LogP contribution in [0.4, 0.5) is 4.39 Å². The smallest absolute Gasteiger partial charge is 0.337 e. The van der Waals surface area contributed by atoms with E-state index < -0.39 is 5.97 Å². The summed E-state index contributed by atoms with van der Waals surface area (Å²) in [5.41, 5.74) is 1.74. The first-order valence-corrected chi connectivity index (χ1v) is 6.53. The molecule has 106 valence electrons. The zero-order chi connectivity index (χ0) is 15.0. The Morgan fingerprint density at radius 1 is 1.24 bits per heavy atom. The highest BCUT2D eigenvalue weighted by molar-refractivity contribution is 6.01. The number of rotatable bonds is 3. The van der Waals surface area contributed by atoms with E-state index in [1.165, 1.54) is 12.1 Å². The van der Waals surface area contributed by atoms with Crippen LogP contribution in [0.15, 0.2) is 48.8 Å². The first kappa shape index (κ1) is 13.3. The Balaban J connectivity index is 2.21. The van der Waals surface area contributed by atoms with Gasteiger partial charge in [-0.1, -0.05) is 24.3 Å². The molecule has 0 spiro atoms. The maximum absolute atomic E-state index is 13.9. The molecule has 1 heterocycles. The number of hydrogen-bond donors (Lipinski definition) is 1. The van der Waals surface area contributed by atoms with E-state index in [1.807, 2.05) is 6.92 Å². The largest absolute Gasteiger partial charge is 0.478 e. The van der Waals surface area contributed by atoms with Gasteiger partial charge in [-0.05, 0) is 25.1 Å². The summed E-state index contributed by atoms with van der Waals surface area (Å²) in [6, 6.07) is 11.0. The average Bonchev–Trinajstić information content (AvgIpc) is 2.90. The van der Waals surface area contributed by atoms with Crippen LogP contribution in [0.5, 0.6) is 0 Å². The Bertz CT molecular complexity index is 826. The van der Waals surface area contributed by atoms with Gasteiger partial charge in [0.25, 0.3) is 0 Å². The summed E-state index contributed by atoms with van der Waals surface area (Å²) in [6.45, 7) is 1.82. The Labute approximate surface area is 120 Å². The summed E-state index contributed by atoms with van der Waals surface area (Å²) < 4.78 is 15.6. The zero-order valence-corrected chi connectivity index (χ0v) is 11.3. The van der Waals surface area contributed by atoms with Gasteiger partial charge in [-0.25, -0.2) is 14.2 Å². The zero-order valence-electron chi connectivity index (χ0n) is 11.3. The van der Waals surface area contributed by atoms with E-state index in [9.17, 15) is 14.3 Å². The third-order valence-corrected chi connectivity index (χ3v) is 3.60. The van der Waals surface area contributed by atoms with E-state index >= 15 is 0 Å². The number of carbonyl (C=O) groups is 1. The molecule has 0 aliphatic rings. The van der Waals surface area contributed by atoms with Crippen molar-refractivity contribution in [1.29, 1.82) is 0 Å². The fourth-order valence-electron chi connectivity index (χ4n) is 2.52. The lowest BCUT2D eigenvalue weighted by Gasteiger charge is -2.16. The number of benzene rings is 2. The number of aromatic nitrogens is 2. The molecule has 1 atom stereocenters. The standard InChI is InChI=1S/C16H13FN2O2/c1-10(11-5-2-3-7-13(11)17)19-9-18-14-8-4-6-12(15(14)19)16(20)21/h2-10H,1H3,(H,20,21). The van der Waals surface area contributed by atoms with Gasteiger partial charge in [0.05, 0.1) is 29.0 Å². The predicted molar refractivity (Wildman–Crippen MR) is 76.9 cm³/mol. The monoisotopic (exact) mass is 284 g/mol. The normalized spacial score (nSPS) is 12.5. The molecule has 1 aromatic heterocycles. The number of imidazole rings is 1. The van der Waals surface area contributed by atoms with Gasteiger partial charge in [0, 0.05) is 5.56 Å². The average molecular weight is 284 g/mol. The van der Waals surface area contributed by atoms with Crippen LogP contribution in [-0.4, -0.2) is 20.6 Å². The molecule has 0 saturated heterocycles. The van der Waals surface area contributed by atoms with Crippen LogP contribution in [0, 0.1) is 5.82 Å². The van der Waals surface area contributed by atoms with Gasteiger partial charge >= 0.3 is 5.97 Å². The molecule has 2 aromatic carbocycles. The summed E-state index contributed by atoms with van der Waals surface area (Å²) in [6.07, 6.45) is 1.55. The van der Waals surface area contributed by atoms with Crippen molar-refractivity contribution in [2.45, 2.75) is 13.0 Å². The summed E-state index contributed by atoms with van der Waals surface area (Å²) >= 11 is 0. The molecule has 0 amide bonds. The Morgan fingerprint density at radius 2 is 2.00 bits per heavy atom. The SMILES string of the molecule is CC(c1ccccc1F)n1cnc2cccc(C(=O)O)c21. The van der Waals surface area contributed by atoms with Gasteiger partial charge in [0.2, 0.25) is 0 Å². The van der Waals surface area contributed by atoms with Crippen LogP contribution in [-0.2, 0) is 0 Å². The van der Waals surface area contributed by atoms with Gasteiger partial charge in [-0.2, -0.15) is 0 Å². The van der Waals surface area contributed by atoms with Gasteiger partial charge in [-0.15, -0.1) is 0 Å². The molecule has 4 nitrogen and oxygen atoms in total. The first-order valence-electron chi connectivity index (χ1n) is 6.53. The molecule has 5 heteroatoms. The van der Waals surface area contributed by atoms with E-state index in [2.05, 4.69) is 4.98 Å². The van der Waals surface area contributed by atoms with Gasteiger partial charge in [0.1, 0.15) is 5.82 Å². The molecule has 1 unspecified atom stereocenters. The minimum absolute atomic E-state index is 0.160. The number of nitrogens with zero attached hydrogens (tertiary/aromatic N) is 2. The molecule has 1 N–H and O–H groups in total. The molecule has 3 rings (SSSR count).